The van der Waals surface area contributed by atoms with Crippen LogP contribution in [0.2, 0.25) is 5.02 Å². The SMILES string of the molecule is CCCN(C=C(C(=O)CC(=O)c1cccc(Cl)c1)c1cccc(F)c1)CCC. The minimum Gasteiger partial charge on any atom is -0.377 e. The number of hydrogen-bond donors (Lipinski definition) is 0. The lowest BCUT2D eigenvalue weighted by Gasteiger charge is -2.21. The monoisotopic (exact) mass is 401 g/mol. The first-order chi connectivity index (χ1) is 13.4. The minimum atomic E-state index is -0.421. The minimum absolute atomic E-state index is 0.297. The molecule has 2 aromatic carbocycles. The summed E-state index contributed by atoms with van der Waals surface area (Å²) in [5.74, 6) is -1.07. The maximum absolute atomic E-state index is 13.8. The van der Waals surface area contributed by atoms with Gasteiger partial charge in [0.05, 0.1) is 6.42 Å². The molecule has 0 fully saturated rings. The highest BCUT2D eigenvalue weighted by atomic mass is 35.5. The third-order valence-electron chi connectivity index (χ3n) is 4.24. The molecule has 148 valence electrons. The molecule has 0 aliphatic rings. The normalized spacial score (nSPS) is 11.4. The molecular formula is C23H25ClFNO2. The van der Waals surface area contributed by atoms with Gasteiger partial charge in [-0.05, 0) is 42.7 Å². The van der Waals surface area contributed by atoms with Crippen LogP contribution >= 0.6 is 11.6 Å². The van der Waals surface area contributed by atoms with Gasteiger partial charge in [0.25, 0.3) is 0 Å². The maximum atomic E-state index is 13.8. The fourth-order valence-corrected chi connectivity index (χ4v) is 3.16. The van der Waals surface area contributed by atoms with Gasteiger partial charge in [-0.3, -0.25) is 9.59 Å². The van der Waals surface area contributed by atoms with E-state index in [-0.39, 0.29) is 18.0 Å². The smallest absolute Gasteiger partial charge is 0.172 e. The van der Waals surface area contributed by atoms with Crippen LogP contribution < -0.4 is 0 Å². The van der Waals surface area contributed by atoms with Crippen molar-refractivity contribution in [2.75, 3.05) is 13.1 Å². The Bertz CT molecular complexity index is 857. The van der Waals surface area contributed by atoms with Crippen molar-refractivity contribution >= 4 is 28.7 Å². The van der Waals surface area contributed by atoms with Crippen molar-refractivity contribution in [3.05, 3.63) is 76.7 Å². The summed E-state index contributed by atoms with van der Waals surface area (Å²) in [5, 5.41) is 0.441. The number of halogens is 2. The van der Waals surface area contributed by atoms with Gasteiger partial charge in [-0.25, -0.2) is 4.39 Å². The molecule has 0 aliphatic carbocycles. The Morgan fingerprint density at radius 2 is 1.64 bits per heavy atom. The van der Waals surface area contributed by atoms with Crippen LogP contribution in [0.15, 0.2) is 54.7 Å². The summed E-state index contributed by atoms with van der Waals surface area (Å²) in [4.78, 5) is 27.6. The largest absolute Gasteiger partial charge is 0.377 e. The van der Waals surface area contributed by atoms with Crippen LogP contribution in [0.25, 0.3) is 5.57 Å². The molecule has 0 saturated carbocycles. The maximum Gasteiger partial charge on any atom is 0.172 e. The Morgan fingerprint density at radius 1 is 1.00 bits per heavy atom. The average Bonchev–Trinajstić information content (AvgIpc) is 2.66. The topological polar surface area (TPSA) is 37.4 Å². The molecule has 0 bridgehead atoms. The van der Waals surface area contributed by atoms with Crippen LogP contribution in [0, 0.1) is 5.82 Å². The van der Waals surface area contributed by atoms with E-state index >= 15 is 0 Å². The number of nitrogens with zero attached hydrogens (tertiary/aromatic N) is 1. The molecule has 5 heteroatoms. The molecule has 0 heterocycles. The number of benzene rings is 2. The lowest BCUT2D eigenvalue weighted by Crippen LogP contribution is -2.21. The number of carbonyl (C=O) groups excluding carboxylic acids is 2. The average molecular weight is 402 g/mol. The lowest BCUT2D eigenvalue weighted by molar-refractivity contribution is -0.113. The summed E-state index contributed by atoms with van der Waals surface area (Å²) >= 11 is 5.94. The second-order valence-electron chi connectivity index (χ2n) is 6.62. The van der Waals surface area contributed by atoms with Crippen molar-refractivity contribution in [1.29, 1.82) is 0 Å². The number of allylic oxidation sites excluding steroid dienone is 1. The molecule has 0 atom stereocenters. The summed E-state index contributed by atoms with van der Waals surface area (Å²) < 4.78 is 13.8. The zero-order valence-corrected chi connectivity index (χ0v) is 17.0. The Labute approximate surface area is 170 Å². The van der Waals surface area contributed by atoms with Crippen molar-refractivity contribution in [2.45, 2.75) is 33.1 Å². The van der Waals surface area contributed by atoms with E-state index < -0.39 is 5.82 Å². The number of Topliss-reactive ketones (excluding diaryl/α,β-unsaturated/α-hetero) is 2. The van der Waals surface area contributed by atoms with Crippen molar-refractivity contribution < 1.29 is 14.0 Å². The molecule has 28 heavy (non-hydrogen) atoms. The summed E-state index contributed by atoms with van der Waals surface area (Å²) in [6.07, 6.45) is 3.30. The van der Waals surface area contributed by atoms with Crippen molar-refractivity contribution in [3.63, 3.8) is 0 Å². The highest BCUT2D eigenvalue weighted by Crippen LogP contribution is 2.21. The number of rotatable bonds is 10. The first kappa shape index (κ1) is 21.8. The molecule has 0 saturated heterocycles. The third kappa shape index (κ3) is 6.31. The molecule has 2 aromatic rings. The second kappa shape index (κ2) is 10.8. The molecule has 3 nitrogen and oxygen atoms in total. The van der Waals surface area contributed by atoms with Crippen LogP contribution in [-0.2, 0) is 4.79 Å². The van der Waals surface area contributed by atoms with Crippen LogP contribution in [0.1, 0.15) is 49.0 Å². The molecule has 0 aromatic heterocycles. The van der Waals surface area contributed by atoms with Gasteiger partial charge in [-0.15, -0.1) is 0 Å². The van der Waals surface area contributed by atoms with Gasteiger partial charge in [0.2, 0.25) is 0 Å². The predicted molar refractivity (Wildman–Crippen MR) is 112 cm³/mol. The quantitative estimate of drug-likeness (QED) is 0.287. The third-order valence-corrected chi connectivity index (χ3v) is 4.47. The second-order valence-corrected chi connectivity index (χ2v) is 7.06. The Balaban J connectivity index is 2.34. The molecule has 0 spiro atoms. The van der Waals surface area contributed by atoms with Crippen LogP contribution in [0.4, 0.5) is 4.39 Å². The Hall–Kier alpha value is -2.46. The van der Waals surface area contributed by atoms with Gasteiger partial charge in [-0.2, -0.15) is 0 Å². The summed E-state index contributed by atoms with van der Waals surface area (Å²) in [6, 6.07) is 12.4. The van der Waals surface area contributed by atoms with E-state index in [1.165, 1.54) is 12.1 Å². The van der Waals surface area contributed by atoms with Gasteiger partial charge < -0.3 is 4.90 Å². The first-order valence-corrected chi connectivity index (χ1v) is 9.86. The lowest BCUT2D eigenvalue weighted by atomic mass is 9.96. The number of carbonyl (C=O) groups is 2. The fourth-order valence-electron chi connectivity index (χ4n) is 2.97. The Morgan fingerprint density at radius 3 is 2.25 bits per heavy atom. The highest BCUT2D eigenvalue weighted by Gasteiger charge is 2.19. The van der Waals surface area contributed by atoms with E-state index in [0.29, 0.717) is 21.7 Å². The van der Waals surface area contributed by atoms with E-state index in [1.54, 1.807) is 42.6 Å². The summed E-state index contributed by atoms with van der Waals surface area (Å²) in [7, 11) is 0. The van der Waals surface area contributed by atoms with E-state index in [2.05, 4.69) is 13.8 Å². The van der Waals surface area contributed by atoms with Crippen molar-refractivity contribution in [3.8, 4) is 0 Å². The molecule has 0 radical (unpaired) electrons. The van der Waals surface area contributed by atoms with Crippen molar-refractivity contribution in [2.24, 2.45) is 0 Å². The summed E-state index contributed by atoms with van der Waals surface area (Å²) in [6.45, 7) is 5.68. The van der Waals surface area contributed by atoms with E-state index in [9.17, 15) is 14.0 Å². The molecule has 0 N–H and O–H groups in total. The van der Waals surface area contributed by atoms with Gasteiger partial charge in [-0.1, -0.05) is 49.7 Å². The van der Waals surface area contributed by atoms with Gasteiger partial charge >= 0.3 is 0 Å². The van der Waals surface area contributed by atoms with Gasteiger partial charge in [0.15, 0.2) is 11.6 Å². The first-order valence-electron chi connectivity index (χ1n) is 9.48. The standard InChI is InChI=1S/C23H25ClFNO2/c1-3-11-26(12-4-2)16-21(17-7-6-10-20(25)14-17)23(28)15-22(27)18-8-5-9-19(24)13-18/h5-10,13-14,16H,3-4,11-12,15H2,1-2H3. The highest BCUT2D eigenvalue weighted by molar-refractivity contribution is 6.31. The van der Waals surface area contributed by atoms with E-state index in [0.717, 1.165) is 25.9 Å². The molecule has 2 rings (SSSR count). The predicted octanol–water partition coefficient (Wildman–Crippen LogP) is 5.78. The van der Waals surface area contributed by atoms with Crippen LogP contribution in [0.3, 0.4) is 0 Å². The van der Waals surface area contributed by atoms with Crippen LogP contribution in [-0.4, -0.2) is 29.6 Å². The fraction of sp³-hybridized carbons (Fsp3) is 0.304. The molecule has 0 aliphatic heterocycles. The molecule has 0 unspecified atom stereocenters. The van der Waals surface area contributed by atoms with E-state index in [1.807, 2.05) is 4.90 Å². The zero-order chi connectivity index (χ0) is 20.5. The molecule has 0 amide bonds. The van der Waals surface area contributed by atoms with E-state index in [4.69, 9.17) is 11.6 Å². The van der Waals surface area contributed by atoms with Gasteiger partial charge in [0, 0.05) is 35.4 Å². The van der Waals surface area contributed by atoms with Crippen LogP contribution in [0.5, 0.6) is 0 Å². The molecular weight excluding hydrogens is 377 g/mol. The number of ketones is 2. The Kier molecular flexibility index (Phi) is 8.40. The van der Waals surface area contributed by atoms with Crippen molar-refractivity contribution in [1.82, 2.24) is 4.90 Å². The van der Waals surface area contributed by atoms with Gasteiger partial charge in [0.1, 0.15) is 5.82 Å². The zero-order valence-electron chi connectivity index (χ0n) is 16.3. The number of hydrogen-bond acceptors (Lipinski definition) is 3. The summed E-state index contributed by atoms with van der Waals surface area (Å²) in [5.41, 5.74) is 1.20.